The minimum absolute atomic E-state index is 0.0545. The maximum absolute atomic E-state index is 14.1. The molecule has 0 heterocycles. The summed E-state index contributed by atoms with van der Waals surface area (Å²) in [6.45, 7) is 3.17. The van der Waals surface area contributed by atoms with Crippen molar-refractivity contribution in [2.24, 2.45) is 5.73 Å². The van der Waals surface area contributed by atoms with E-state index in [4.69, 9.17) is 5.73 Å². The maximum atomic E-state index is 14.1. The van der Waals surface area contributed by atoms with Gasteiger partial charge in [-0.3, -0.25) is 9.59 Å². The third-order valence-corrected chi connectivity index (χ3v) is 2.43. The zero-order valence-corrected chi connectivity index (χ0v) is 10.7. The zero-order chi connectivity index (χ0) is 14.6. The van der Waals surface area contributed by atoms with E-state index in [-0.39, 0.29) is 12.0 Å². The Balaban J connectivity index is 3.13. The van der Waals surface area contributed by atoms with Gasteiger partial charge in [0.25, 0.3) is 5.91 Å². The molecular formula is C13H16F2N2O2. The summed E-state index contributed by atoms with van der Waals surface area (Å²) in [5.74, 6) is -5.82. The van der Waals surface area contributed by atoms with Crippen LogP contribution >= 0.6 is 0 Å². The zero-order valence-electron chi connectivity index (χ0n) is 10.7. The molecule has 0 saturated heterocycles. The fraction of sp³-hybridized carbons (Fsp3) is 0.385. The first-order valence-corrected chi connectivity index (χ1v) is 5.80. The molecule has 0 fully saturated rings. The average molecular weight is 270 g/mol. The molecule has 0 bridgehead atoms. The standard InChI is InChI=1S/C13H16F2N2O2/c1-8(2)17-12(19)13(14,15)10-6-4-3-5-9(10)7-11(16)18/h3-6,8H,7H2,1-2H3,(H2,16,18)(H,17,19). The van der Waals surface area contributed by atoms with Crippen LogP contribution in [0.1, 0.15) is 25.0 Å². The van der Waals surface area contributed by atoms with Crippen molar-refractivity contribution in [3.05, 3.63) is 35.4 Å². The third kappa shape index (κ3) is 3.74. The fourth-order valence-electron chi connectivity index (χ4n) is 1.64. The third-order valence-electron chi connectivity index (χ3n) is 2.43. The monoisotopic (exact) mass is 270 g/mol. The largest absolute Gasteiger partial charge is 0.369 e. The molecule has 0 unspecified atom stereocenters. The van der Waals surface area contributed by atoms with Gasteiger partial charge in [0.2, 0.25) is 5.91 Å². The summed E-state index contributed by atoms with van der Waals surface area (Å²) in [6, 6.07) is 4.98. The summed E-state index contributed by atoms with van der Waals surface area (Å²) in [7, 11) is 0. The van der Waals surface area contributed by atoms with Crippen molar-refractivity contribution in [1.29, 1.82) is 0 Å². The molecule has 0 spiro atoms. The van der Waals surface area contributed by atoms with Gasteiger partial charge in [0, 0.05) is 11.6 Å². The number of rotatable bonds is 5. The molecule has 6 heteroatoms. The van der Waals surface area contributed by atoms with Crippen molar-refractivity contribution < 1.29 is 18.4 Å². The van der Waals surface area contributed by atoms with Crippen molar-refractivity contribution >= 4 is 11.8 Å². The van der Waals surface area contributed by atoms with Gasteiger partial charge in [-0.2, -0.15) is 8.78 Å². The smallest absolute Gasteiger partial charge is 0.350 e. The highest BCUT2D eigenvalue weighted by atomic mass is 19.3. The molecular weight excluding hydrogens is 254 g/mol. The molecule has 0 aliphatic heterocycles. The minimum Gasteiger partial charge on any atom is -0.369 e. The Hall–Kier alpha value is -1.98. The highest BCUT2D eigenvalue weighted by Crippen LogP contribution is 2.31. The van der Waals surface area contributed by atoms with Crippen molar-refractivity contribution in [3.63, 3.8) is 0 Å². The number of nitrogens with one attached hydrogen (secondary N) is 1. The van der Waals surface area contributed by atoms with Gasteiger partial charge in [0.15, 0.2) is 0 Å². The first-order valence-electron chi connectivity index (χ1n) is 5.80. The lowest BCUT2D eigenvalue weighted by Crippen LogP contribution is -2.42. The van der Waals surface area contributed by atoms with E-state index in [0.29, 0.717) is 0 Å². The van der Waals surface area contributed by atoms with E-state index in [9.17, 15) is 18.4 Å². The molecule has 0 aliphatic rings. The van der Waals surface area contributed by atoms with E-state index in [1.54, 1.807) is 13.8 Å². The highest BCUT2D eigenvalue weighted by molar-refractivity contribution is 5.86. The van der Waals surface area contributed by atoms with Gasteiger partial charge in [-0.1, -0.05) is 24.3 Å². The average Bonchev–Trinajstić information content (AvgIpc) is 2.27. The van der Waals surface area contributed by atoms with Crippen LogP contribution in [0.2, 0.25) is 0 Å². The van der Waals surface area contributed by atoms with Crippen LogP contribution in [0.15, 0.2) is 24.3 Å². The molecule has 0 radical (unpaired) electrons. The van der Waals surface area contributed by atoms with Crippen molar-refractivity contribution in [2.75, 3.05) is 0 Å². The van der Waals surface area contributed by atoms with Gasteiger partial charge in [-0.05, 0) is 19.4 Å². The Labute approximate surface area is 110 Å². The number of halogens is 2. The van der Waals surface area contributed by atoms with E-state index >= 15 is 0 Å². The van der Waals surface area contributed by atoms with Gasteiger partial charge in [0.05, 0.1) is 6.42 Å². The van der Waals surface area contributed by atoms with Gasteiger partial charge >= 0.3 is 5.92 Å². The van der Waals surface area contributed by atoms with E-state index in [2.05, 4.69) is 5.32 Å². The van der Waals surface area contributed by atoms with E-state index < -0.39 is 29.3 Å². The van der Waals surface area contributed by atoms with E-state index in [1.165, 1.54) is 18.2 Å². The lowest BCUT2D eigenvalue weighted by Gasteiger charge is -2.20. The number of carbonyl (C=O) groups is 2. The lowest BCUT2D eigenvalue weighted by atomic mass is 9.98. The lowest BCUT2D eigenvalue weighted by molar-refractivity contribution is -0.147. The predicted molar refractivity (Wildman–Crippen MR) is 66.5 cm³/mol. The van der Waals surface area contributed by atoms with Crippen molar-refractivity contribution in [1.82, 2.24) is 5.32 Å². The van der Waals surface area contributed by atoms with Gasteiger partial charge in [0.1, 0.15) is 0 Å². The number of primary amides is 1. The van der Waals surface area contributed by atoms with Crippen molar-refractivity contribution in [2.45, 2.75) is 32.2 Å². The maximum Gasteiger partial charge on any atom is 0.350 e. The summed E-state index contributed by atoms with van der Waals surface area (Å²) in [4.78, 5) is 22.4. The number of nitrogens with two attached hydrogens (primary N) is 1. The van der Waals surface area contributed by atoms with Gasteiger partial charge in [-0.15, -0.1) is 0 Å². The predicted octanol–water partition coefficient (Wildman–Crippen LogP) is 1.33. The highest BCUT2D eigenvalue weighted by Gasteiger charge is 2.42. The second kappa shape index (κ2) is 5.77. The Morgan fingerprint density at radius 1 is 1.32 bits per heavy atom. The first-order chi connectivity index (χ1) is 8.75. The van der Waals surface area contributed by atoms with Gasteiger partial charge in [-0.25, -0.2) is 0 Å². The van der Waals surface area contributed by atoms with Crippen LogP contribution in [0.4, 0.5) is 8.78 Å². The molecule has 104 valence electrons. The normalized spacial score (nSPS) is 11.4. The minimum atomic E-state index is -3.70. The molecule has 1 aromatic carbocycles. The van der Waals surface area contributed by atoms with Crippen LogP contribution in [0.25, 0.3) is 0 Å². The van der Waals surface area contributed by atoms with Crippen LogP contribution in [0.5, 0.6) is 0 Å². The fourth-order valence-corrected chi connectivity index (χ4v) is 1.64. The summed E-state index contributed by atoms with van der Waals surface area (Å²) in [6.07, 6.45) is -0.333. The molecule has 0 saturated carbocycles. The second-order valence-electron chi connectivity index (χ2n) is 4.50. The summed E-state index contributed by atoms with van der Waals surface area (Å²) >= 11 is 0. The molecule has 1 rings (SSSR count). The topological polar surface area (TPSA) is 72.2 Å². The summed E-state index contributed by atoms with van der Waals surface area (Å²) in [5, 5.41) is 2.16. The molecule has 19 heavy (non-hydrogen) atoms. The number of benzene rings is 1. The number of alkyl halides is 2. The number of hydrogen-bond acceptors (Lipinski definition) is 2. The number of hydrogen-bond donors (Lipinski definition) is 2. The Bertz CT molecular complexity index is 487. The number of carbonyl (C=O) groups excluding carboxylic acids is 2. The summed E-state index contributed by atoms with van der Waals surface area (Å²) < 4.78 is 28.1. The van der Waals surface area contributed by atoms with Crippen LogP contribution in [-0.4, -0.2) is 17.9 Å². The molecule has 1 aromatic rings. The Morgan fingerprint density at radius 3 is 2.42 bits per heavy atom. The molecule has 0 atom stereocenters. The van der Waals surface area contributed by atoms with Crippen LogP contribution in [-0.2, 0) is 21.9 Å². The SMILES string of the molecule is CC(C)NC(=O)C(F)(F)c1ccccc1CC(N)=O. The van der Waals surface area contributed by atoms with Gasteiger partial charge < -0.3 is 11.1 Å². The van der Waals surface area contributed by atoms with Crippen molar-refractivity contribution in [3.8, 4) is 0 Å². The quantitative estimate of drug-likeness (QED) is 0.847. The Kier molecular flexibility index (Phi) is 4.58. The van der Waals surface area contributed by atoms with Crippen LogP contribution in [0, 0.1) is 0 Å². The van der Waals surface area contributed by atoms with Crippen LogP contribution in [0.3, 0.4) is 0 Å². The Morgan fingerprint density at radius 2 is 1.89 bits per heavy atom. The number of amides is 2. The first kappa shape index (κ1) is 15.1. The molecule has 4 nitrogen and oxygen atoms in total. The molecule has 3 N–H and O–H groups in total. The van der Waals surface area contributed by atoms with E-state index in [0.717, 1.165) is 6.07 Å². The molecule has 2 amide bonds. The molecule has 0 aliphatic carbocycles. The van der Waals surface area contributed by atoms with E-state index in [1.807, 2.05) is 0 Å². The summed E-state index contributed by atoms with van der Waals surface area (Å²) in [5.41, 5.74) is 4.57. The molecule has 0 aromatic heterocycles. The van der Waals surface area contributed by atoms with Crippen LogP contribution < -0.4 is 11.1 Å². The second-order valence-corrected chi connectivity index (χ2v) is 4.50.